The Bertz CT molecular complexity index is 649. The first-order valence-electron chi connectivity index (χ1n) is 8.64. The van der Waals surface area contributed by atoms with Gasteiger partial charge in [0.05, 0.1) is 17.9 Å². The average Bonchev–Trinajstić information content (AvgIpc) is 2.80. The first kappa shape index (κ1) is 17.9. The van der Waals surface area contributed by atoms with Crippen molar-refractivity contribution in [3.05, 3.63) is 29.8 Å². The maximum atomic E-state index is 12.1. The van der Waals surface area contributed by atoms with Gasteiger partial charge in [-0.1, -0.05) is 39.8 Å². The van der Waals surface area contributed by atoms with Crippen LogP contribution in [0.1, 0.15) is 39.2 Å². The van der Waals surface area contributed by atoms with Crippen molar-refractivity contribution in [2.24, 2.45) is 5.92 Å². The van der Waals surface area contributed by atoms with Gasteiger partial charge >= 0.3 is 5.97 Å². The summed E-state index contributed by atoms with van der Waals surface area (Å²) >= 11 is 0. The van der Waals surface area contributed by atoms with Gasteiger partial charge in [-0.3, -0.25) is 4.79 Å². The lowest BCUT2D eigenvalue weighted by atomic mass is 9.82. The van der Waals surface area contributed by atoms with E-state index in [1.807, 2.05) is 10.8 Å². The van der Waals surface area contributed by atoms with E-state index in [0.29, 0.717) is 6.61 Å². The van der Waals surface area contributed by atoms with Crippen molar-refractivity contribution in [1.29, 1.82) is 0 Å². The van der Waals surface area contributed by atoms with E-state index in [4.69, 9.17) is 4.74 Å². The Morgan fingerprint density at radius 2 is 2.12 bits per heavy atom. The first-order valence-corrected chi connectivity index (χ1v) is 11.1. The summed E-state index contributed by atoms with van der Waals surface area (Å²) in [6, 6.07) is 8.62. The van der Waals surface area contributed by atoms with Crippen molar-refractivity contribution >= 4 is 39.0 Å². The van der Waals surface area contributed by atoms with Crippen LogP contribution in [0.4, 0.5) is 5.69 Å². The molecule has 1 saturated heterocycles. The summed E-state index contributed by atoms with van der Waals surface area (Å²) < 4.78 is 7.90. The zero-order valence-electron chi connectivity index (χ0n) is 14.7. The number of nitrogens with zero attached hydrogens (tertiary/aromatic N) is 1. The third-order valence-electron chi connectivity index (χ3n) is 5.18. The zero-order chi connectivity index (χ0) is 17.2. The summed E-state index contributed by atoms with van der Waals surface area (Å²) in [7, 11) is 3.64. The van der Waals surface area contributed by atoms with Gasteiger partial charge in [0.2, 0.25) is 5.69 Å². The first-order chi connectivity index (χ1) is 11.5. The van der Waals surface area contributed by atoms with Gasteiger partial charge in [-0.05, 0) is 20.3 Å². The summed E-state index contributed by atoms with van der Waals surface area (Å²) in [5.74, 6) is 2.03. The highest BCUT2D eigenvalue weighted by Crippen LogP contribution is 2.39. The van der Waals surface area contributed by atoms with Crippen LogP contribution in [-0.2, 0) is 14.9 Å². The standard InChI is InChI=1S/C19H26NO2S2/c1-14-19(2,3)16-7-4-5-8-17(16)20(14)10-6-11-22-18(21)15-9-12-23-24-13-15/h4-5,7-8,15H,6,9-13H2,1-3H3/q+1. The average molecular weight is 365 g/mol. The number of para-hydroxylation sites is 1. The van der Waals surface area contributed by atoms with E-state index in [1.54, 1.807) is 10.8 Å². The van der Waals surface area contributed by atoms with Crippen LogP contribution < -0.4 is 0 Å². The van der Waals surface area contributed by atoms with Crippen molar-refractivity contribution in [1.82, 2.24) is 0 Å². The molecule has 0 N–H and O–H groups in total. The van der Waals surface area contributed by atoms with Crippen LogP contribution in [0, 0.1) is 5.92 Å². The van der Waals surface area contributed by atoms with E-state index < -0.39 is 0 Å². The molecule has 1 aromatic rings. The molecule has 5 heteroatoms. The fourth-order valence-corrected chi connectivity index (χ4v) is 5.89. The largest absolute Gasteiger partial charge is 0.465 e. The third-order valence-corrected chi connectivity index (χ3v) is 7.70. The maximum absolute atomic E-state index is 12.1. The summed E-state index contributed by atoms with van der Waals surface area (Å²) in [6.45, 7) is 8.18. The summed E-state index contributed by atoms with van der Waals surface area (Å²) in [6.07, 6.45) is 1.82. The van der Waals surface area contributed by atoms with E-state index in [2.05, 4.69) is 49.6 Å². The van der Waals surface area contributed by atoms with Gasteiger partial charge in [0, 0.05) is 36.5 Å². The predicted octanol–water partition coefficient (Wildman–Crippen LogP) is 4.42. The monoisotopic (exact) mass is 364 g/mol. The number of ether oxygens (including phenoxy) is 1. The van der Waals surface area contributed by atoms with E-state index in [-0.39, 0.29) is 17.3 Å². The molecule has 0 aromatic heterocycles. The molecule has 2 aliphatic rings. The van der Waals surface area contributed by atoms with Gasteiger partial charge in [0.1, 0.15) is 0 Å². The number of benzene rings is 1. The van der Waals surface area contributed by atoms with Crippen molar-refractivity contribution < 1.29 is 14.1 Å². The molecule has 0 spiro atoms. The Hall–Kier alpha value is -0.940. The molecule has 3 nitrogen and oxygen atoms in total. The third kappa shape index (κ3) is 3.52. The summed E-state index contributed by atoms with van der Waals surface area (Å²) in [5.41, 5.74) is 4.13. The minimum atomic E-state index is -0.00865. The minimum Gasteiger partial charge on any atom is -0.465 e. The molecule has 3 rings (SSSR count). The molecule has 0 amide bonds. The van der Waals surface area contributed by atoms with Gasteiger partial charge < -0.3 is 4.74 Å². The normalized spacial score (nSPS) is 22.4. The molecule has 1 unspecified atom stereocenters. The predicted molar refractivity (Wildman–Crippen MR) is 104 cm³/mol. The second-order valence-corrected chi connectivity index (χ2v) is 9.62. The fourth-order valence-electron chi connectivity index (χ4n) is 3.40. The van der Waals surface area contributed by atoms with Crippen LogP contribution in [0.5, 0.6) is 0 Å². The number of hydrogen-bond acceptors (Lipinski definition) is 4. The second kappa shape index (κ2) is 7.52. The molecular formula is C19H26NO2S2+. The lowest BCUT2D eigenvalue weighted by Gasteiger charge is -2.18. The summed E-state index contributed by atoms with van der Waals surface area (Å²) in [4.78, 5) is 12.1. The quantitative estimate of drug-likeness (QED) is 0.335. The molecule has 1 fully saturated rings. The van der Waals surface area contributed by atoms with Crippen molar-refractivity contribution in [2.45, 2.75) is 39.0 Å². The smallest absolute Gasteiger partial charge is 0.309 e. The van der Waals surface area contributed by atoms with Crippen molar-refractivity contribution in [3.63, 3.8) is 0 Å². The molecule has 0 radical (unpaired) electrons. The molecule has 2 heterocycles. The van der Waals surface area contributed by atoms with Gasteiger partial charge in [0.25, 0.3) is 0 Å². The molecule has 1 atom stereocenters. The topological polar surface area (TPSA) is 29.3 Å². The Morgan fingerprint density at radius 3 is 2.88 bits per heavy atom. The molecule has 1 aromatic carbocycles. The highest BCUT2D eigenvalue weighted by Gasteiger charge is 2.42. The van der Waals surface area contributed by atoms with Crippen LogP contribution in [0.15, 0.2) is 24.3 Å². The Morgan fingerprint density at radius 1 is 1.33 bits per heavy atom. The lowest BCUT2D eigenvalue weighted by Crippen LogP contribution is -2.27. The Balaban J connectivity index is 1.55. The van der Waals surface area contributed by atoms with Crippen LogP contribution in [0.3, 0.4) is 0 Å². The zero-order valence-corrected chi connectivity index (χ0v) is 16.3. The number of carbonyl (C=O) groups excluding carboxylic acids is 1. The van der Waals surface area contributed by atoms with Gasteiger partial charge in [-0.15, -0.1) is 0 Å². The van der Waals surface area contributed by atoms with Crippen LogP contribution in [0.2, 0.25) is 0 Å². The van der Waals surface area contributed by atoms with Crippen LogP contribution in [0.25, 0.3) is 0 Å². The number of fused-ring (bicyclic) bond motifs is 1. The number of esters is 1. The molecular weight excluding hydrogens is 338 g/mol. The lowest BCUT2D eigenvalue weighted by molar-refractivity contribution is -0.440. The summed E-state index contributed by atoms with van der Waals surface area (Å²) in [5, 5.41) is 0. The minimum absolute atomic E-state index is 0.00865. The van der Waals surface area contributed by atoms with Gasteiger partial charge in [-0.2, -0.15) is 4.58 Å². The molecule has 0 bridgehead atoms. The van der Waals surface area contributed by atoms with Crippen molar-refractivity contribution in [2.75, 3.05) is 24.7 Å². The molecule has 130 valence electrons. The highest BCUT2D eigenvalue weighted by atomic mass is 33.1. The van der Waals surface area contributed by atoms with Gasteiger partial charge in [-0.25, -0.2) is 0 Å². The molecule has 2 aliphatic heterocycles. The molecule has 24 heavy (non-hydrogen) atoms. The van der Waals surface area contributed by atoms with E-state index in [0.717, 1.165) is 30.9 Å². The van der Waals surface area contributed by atoms with Gasteiger partial charge in [0.15, 0.2) is 12.3 Å². The van der Waals surface area contributed by atoms with Crippen LogP contribution >= 0.6 is 21.6 Å². The number of carbonyl (C=O) groups is 1. The number of hydrogen-bond donors (Lipinski definition) is 0. The van der Waals surface area contributed by atoms with Crippen molar-refractivity contribution in [3.8, 4) is 0 Å². The SMILES string of the molecule is CC1=[N+](CCCOC(=O)C2CCSSC2)c2ccccc2C1(C)C. The Kier molecular flexibility index (Phi) is 5.60. The highest BCUT2D eigenvalue weighted by molar-refractivity contribution is 8.76. The second-order valence-electron chi connectivity index (χ2n) is 6.99. The van der Waals surface area contributed by atoms with Crippen LogP contribution in [-0.4, -0.2) is 40.9 Å². The molecule has 0 saturated carbocycles. The Labute approximate surface area is 152 Å². The maximum Gasteiger partial charge on any atom is 0.309 e. The molecule has 0 aliphatic carbocycles. The number of rotatable bonds is 5. The fraction of sp³-hybridized carbons (Fsp3) is 0.579. The van der Waals surface area contributed by atoms with E-state index >= 15 is 0 Å². The van der Waals surface area contributed by atoms with E-state index in [1.165, 1.54) is 17.0 Å². The van der Waals surface area contributed by atoms with E-state index in [9.17, 15) is 4.79 Å².